The zero-order valence-electron chi connectivity index (χ0n) is 17.2. The first-order chi connectivity index (χ1) is 14.7. The Hall–Kier alpha value is -3.60. The summed E-state index contributed by atoms with van der Waals surface area (Å²) >= 11 is 0. The number of hydrogen-bond donors (Lipinski definition) is 1. The Labute approximate surface area is 177 Å². The van der Waals surface area contributed by atoms with Gasteiger partial charge in [0.2, 0.25) is 0 Å². The molecule has 1 unspecified atom stereocenters. The van der Waals surface area contributed by atoms with Gasteiger partial charge in [-0.05, 0) is 53.8 Å². The van der Waals surface area contributed by atoms with Crippen LogP contribution in [0.3, 0.4) is 0 Å². The molecule has 1 N–H and O–H groups in total. The number of ether oxygens (including phenoxy) is 2. The molecule has 0 spiro atoms. The molecule has 154 valence electrons. The molecule has 0 radical (unpaired) electrons. The van der Waals surface area contributed by atoms with Gasteiger partial charge in [0.15, 0.2) is 6.61 Å². The molecule has 3 aromatic carbocycles. The fraction of sp³-hybridized carbons (Fsp3) is 0.200. The Morgan fingerprint density at radius 2 is 1.73 bits per heavy atom. The van der Waals surface area contributed by atoms with Crippen molar-refractivity contribution in [2.24, 2.45) is 5.10 Å². The van der Waals surface area contributed by atoms with E-state index in [0.717, 1.165) is 29.0 Å². The van der Waals surface area contributed by atoms with Crippen molar-refractivity contribution in [3.05, 3.63) is 90.0 Å². The summed E-state index contributed by atoms with van der Waals surface area (Å²) in [5.41, 5.74) is 4.41. The van der Waals surface area contributed by atoms with Gasteiger partial charge in [-0.15, -0.1) is 0 Å². The van der Waals surface area contributed by atoms with Crippen molar-refractivity contribution < 1.29 is 14.3 Å². The number of hydrazone groups is 1. The van der Waals surface area contributed by atoms with E-state index in [1.54, 1.807) is 6.21 Å². The number of hydrogen-bond acceptors (Lipinski definition) is 4. The number of nitrogens with zero attached hydrogens (tertiary/aromatic N) is 1. The molecule has 0 fully saturated rings. The van der Waals surface area contributed by atoms with E-state index in [4.69, 9.17) is 9.47 Å². The van der Waals surface area contributed by atoms with Crippen LogP contribution in [0.1, 0.15) is 37.3 Å². The molecule has 0 aliphatic carbocycles. The molecule has 5 heteroatoms. The van der Waals surface area contributed by atoms with Crippen molar-refractivity contribution in [3.63, 3.8) is 0 Å². The third-order valence-corrected chi connectivity index (χ3v) is 4.66. The molecule has 0 saturated carbocycles. The Balaban J connectivity index is 1.52. The fourth-order valence-corrected chi connectivity index (χ4v) is 2.88. The molecule has 0 saturated heterocycles. The predicted octanol–water partition coefficient (Wildman–Crippen LogP) is 5.52. The monoisotopic (exact) mass is 402 g/mol. The van der Waals surface area contributed by atoms with Gasteiger partial charge < -0.3 is 9.47 Å². The normalized spacial score (nSPS) is 11.8. The second-order valence-electron chi connectivity index (χ2n) is 6.92. The number of para-hydroxylation sites is 2. The lowest BCUT2D eigenvalue weighted by atomic mass is 9.98. The molecule has 3 rings (SSSR count). The van der Waals surface area contributed by atoms with Crippen molar-refractivity contribution >= 4 is 12.1 Å². The van der Waals surface area contributed by atoms with Gasteiger partial charge in [0.05, 0.1) is 6.21 Å². The molecule has 0 bridgehead atoms. The van der Waals surface area contributed by atoms with Crippen molar-refractivity contribution in [2.45, 2.75) is 26.2 Å². The maximum absolute atomic E-state index is 12.1. The van der Waals surface area contributed by atoms with Crippen LogP contribution >= 0.6 is 0 Å². The Morgan fingerprint density at radius 1 is 1.00 bits per heavy atom. The molecule has 1 amide bonds. The highest BCUT2D eigenvalue weighted by Gasteiger charge is 2.10. The highest BCUT2D eigenvalue weighted by atomic mass is 16.5. The highest BCUT2D eigenvalue weighted by Crippen LogP contribution is 2.28. The first-order valence-electron chi connectivity index (χ1n) is 10.0. The van der Waals surface area contributed by atoms with Crippen LogP contribution in [0, 0.1) is 0 Å². The maximum Gasteiger partial charge on any atom is 0.277 e. The SMILES string of the molecule is CCC(C)c1ccccc1OCC(=O)N/N=C/c1cccc(Oc2ccccc2)c1. The van der Waals surface area contributed by atoms with Gasteiger partial charge in [-0.3, -0.25) is 4.79 Å². The average Bonchev–Trinajstić information content (AvgIpc) is 2.78. The second kappa shape index (κ2) is 10.8. The smallest absolute Gasteiger partial charge is 0.277 e. The van der Waals surface area contributed by atoms with Gasteiger partial charge >= 0.3 is 0 Å². The van der Waals surface area contributed by atoms with Crippen molar-refractivity contribution in [1.82, 2.24) is 5.43 Å². The molecule has 5 nitrogen and oxygen atoms in total. The lowest BCUT2D eigenvalue weighted by Crippen LogP contribution is -2.24. The first-order valence-corrected chi connectivity index (χ1v) is 10.0. The van der Waals surface area contributed by atoms with Crippen molar-refractivity contribution in [3.8, 4) is 17.2 Å². The second-order valence-corrected chi connectivity index (χ2v) is 6.92. The molecule has 0 heterocycles. The van der Waals surface area contributed by atoms with E-state index in [1.807, 2.05) is 78.9 Å². The number of carbonyl (C=O) groups excluding carboxylic acids is 1. The van der Waals surface area contributed by atoms with Crippen molar-refractivity contribution in [2.75, 3.05) is 6.61 Å². The van der Waals surface area contributed by atoms with Crippen LogP contribution in [0.2, 0.25) is 0 Å². The number of rotatable bonds is 9. The van der Waals surface area contributed by atoms with E-state index < -0.39 is 0 Å². The molecule has 0 aromatic heterocycles. The highest BCUT2D eigenvalue weighted by molar-refractivity contribution is 5.83. The first kappa shape index (κ1) is 21.1. The van der Waals surface area contributed by atoms with Gasteiger partial charge in [0, 0.05) is 0 Å². The summed E-state index contributed by atoms with van der Waals surface area (Å²) < 4.78 is 11.5. The molecular formula is C25H26N2O3. The van der Waals surface area contributed by atoms with E-state index in [-0.39, 0.29) is 12.5 Å². The van der Waals surface area contributed by atoms with E-state index in [0.29, 0.717) is 11.7 Å². The lowest BCUT2D eigenvalue weighted by Gasteiger charge is -2.15. The molecule has 0 aliphatic rings. The molecular weight excluding hydrogens is 376 g/mol. The number of benzene rings is 3. The van der Waals surface area contributed by atoms with Crippen molar-refractivity contribution in [1.29, 1.82) is 0 Å². The van der Waals surface area contributed by atoms with Crippen LogP contribution < -0.4 is 14.9 Å². The van der Waals surface area contributed by atoms with E-state index in [9.17, 15) is 4.79 Å². The summed E-state index contributed by atoms with van der Waals surface area (Å²) in [6, 6.07) is 24.8. The van der Waals surface area contributed by atoms with Crippen LogP contribution in [-0.4, -0.2) is 18.7 Å². The number of nitrogens with one attached hydrogen (secondary N) is 1. The predicted molar refractivity (Wildman–Crippen MR) is 119 cm³/mol. The summed E-state index contributed by atoms with van der Waals surface area (Å²) in [5.74, 6) is 2.24. The average molecular weight is 402 g/mol. The number of amides is 1. The van der Waals surface area contributed by atoms with Gasteiger partial charge in [-0.25, -0.2) is 5.43 Å². The third-order valence-electron chi connectivity index (χ3n) is 4.66. The minimum absolute atomic E-state index is 0.0953. The summed E-state index contributed by atoms with van der Waals surface area (Å²) in [6.07, 6.45) is 2.58. The van der Waals surface area contributed by atoms with Crippen LogP contribution in [0.5, 0.6) is 17.2 Å². The lowest BCUT2D eigenvalue weighted by molar-refractivity contribution is -0.123. The molecule has 1 atom stereocenters. The fourth-order valence-electron chi connectivity index (χ4n) is 2.88. The summed E-state index contributed by atoms with van der Waals surface area (Å²) in [7, 11) is 0. The van der Waals surface area contributed by atoms with E-state index in [2.05, 4.69) is 24.4 Å². The Kier molecular flexibility index (Phi) is 7.61. The minimum Gasteiger partial charge on any atom is -0.483 e. The van der Waals surface area contributed by atoms with Gasteiger partial charge in [-0.1, -0.05) is 62.4 Å². The van der Waals surface area contributed by atoms with Crippen LogP contribution in [0.25, 0.3) is 0 Å². The third kappa shape index (κ3) is 6.21. The van der Waals surface area contributed by atoms with Crippen LogP contribution in [0.15, 0.2) is 84.0 Å². The Morgan fingerprint density at radius 3 is 2.53 bits per heavy atom. The summed E-state index contributed by atoms with van der Waals surface area (Å²) in [6.45, 7) is 4.17. The zero-order valence-corrected chi connectivity index (χ0v) is 17.2. The summed E-state index contributed by atoms with van der Waals surface area (Å²) in [5, 5.41) is 4.02. The van der Waals surface area contributed by atoms with Gasteiger partial charge in [-0.2, -0.15) is 5.10 Å². The standard InChI is InChI=1S/C25H26N2O3/c1-3-19(2)23-14-7-8-15-24(23)29-18-25(28)27-26-17-20-10-9-13-22(16-20)30-21-11-5-4-6-12-21/h4-17,19H,3,18H2,1-2H3,(H,27,28)/b26-17+. The van der Waals surface area contributed by atoms with E-state index >= 15 is 0 Å². The zero-order chi connectivity index (χ0) is 21.2. The number of carbonyl (C=O) groups is 1. The van der Waals surface area contributed by atoms with E-state index in [1.165, 1.54) is 0 Å². The summed E-state index contributed by atoms with van der Waals surface area (Å²) in [4.78, 5) is 12.1. The quantitative estimate of drug-likeness (QED) is 0.379. The molecule has 0 aliphatic heterocycles. The van der Waals surface area contributed by atoms with Crippen LogP contribution in [0.4, 0.5) is 0 Å². The largest absolute Gasteiger partial charge is 0.483 e. The Bertz CT molecular complexity index is 986. The maximum atomic E-state index is 12.1. The van der Waals surface area contributed by atoms with Gasteiger partial charge in [0.25, 0.3) is 5.91 Å². The molecule has 3 aromatic rings. The van der Waals surface area contributed by atoms with Crippen LogP contribution in [-0.2, 0) is 4.79 Å². The van der Waals surface area contributed by atoms with Gasteiger partial charge in [0.1, 0.15) is 17.2 Å². The molecule has 30 heavy (non-hydrogen) atoms. The topological polar surface area (TPSA) is 59.9 Å². The minimum atomic E-state index is -0.318.